The summed E-state index contributed by atoms with van der Waals surface area (Å²) in [5, 5.41) is 0. The third kappa shape index (κ3) is 10.3. The van der Waals surface area contributed by atoms with E-state index >= 15 is 0 Å². The molecule has 176 valence electrons. The summed E-state index contributed by atoms with van der Waals surface area (Å²) in [6.45, 7) is 6.75. The Balaban J connectivity index is 1.69. The highest BCUT2D eigenvalue weighted by Gasteiger charge is 2.08. The summed E-state index contributed by atoms with van der Waals surface area (Å²) < 4.78 is 11.2. The molecule has 1 aromatic heterocycles. The molecule has 1 atom stereocenters. The molecule has 0 spiro atoms. The molecule has 1 heterocycles. The van der Waals surface area contributed by atoms with Crippen LogP contribution in [0.25, 0.3) is 11.4 Å². The van der Waals surface area contributed by atoms with Crippen LogP contribution in [0.2, 0.25) is 0 Å². The van der Waals surface area contributed by atoms with Gasteiger partial charge in [0.25, 0.3) is 0 Å². The number of unbranched alkanes of at least 4 members (excludes halogenated alkanes) is 5. The lowest BCUT2D eigenvalue weighted by molar-refractivity contribution is -0.148. The molecule has 2 rings (SSSR count). The zero-order valence-electron chi connectivity index (χ0n) is 20.1. The lowest BCUT2D eigenvalue weighted by Gasteiger charge is -2.13. The van der Waals surface area contributed by atoms with Gasteiger partial charge in [0.2, 0.25) is 0 Å². The van der Waals surface area contributed by atoms with Crippen molar-refractivity contribution in [2.45, 2.75) is 97.5 Å². The van der Waals surface area contributed by atoms with Crippen molar-refractivity contribution < 1.29 is 14.3 Å². The molecule has 1 aromatic carbocycles. The van der Waals surface area contributed by atoms with Gasteiger partial charge in [-0.1, -0.05) is 46.0 Å². The number of ether oxygens (including phenoxy) is 2. The summed E-state index contributed by atoms with van der Waals surface area (Å²) in [6.07, 6.45) is 15.6. The molecule has 0 saturated heterocycles. The van der Waals surface area contributed by atoms with E-state index in [0.29, 0.717) is 13.0 Å². The zero-order valence-corrected chi connectivity index (χ0v) is 20.1. The molecular weight excluding hydrogens is 400 g/mol. The second kappa shape index (κ2) is 15.4. The third-order valence-corrected chi connectivity index (χ3v) is 5.45. The number of benzene rings is 1. The third-order valence-electron chi connectivity index (χ3n) is 5.45. The van der Waals surface area contributed by atoms with Crippen LogP contribution in [-0.2, 0) is 16.0 Å². The fourth-order valence-electron chi connectivity index (χ4n) is 3.55. The Morgan fingerprint density at radius 1 is 0.906 bits per heavy atom. The van der Waals surface area contributed by atoms with Gasteiger partial charge in [0, 0.05) is 24.4 Å². The minimum absolute atomic E-state index is 0.0683. The van der Waals surface area contributed by atoms with Crippen molar-refractivity contribution in [1.82, 2.24) is 9.97 Å². The van der Waals surface area contributed by atoms with E-state index in [4.69, 9.17) is 9.47 Å². The summed E-state index contributed by atoms with van der Waals surface area (Å²) in [5.41, 5.74) is 2.19. The quantitative estimate of drug-likeness (QED) is 0.209. The van der Waals surface area contributed by atoms with E-state index in [2.05, 4.69) is 16.9 Å². The molecule has 0 amide bonds. The molecule has 1 unspecified atom stereocenters. The van der Waals surface area contributed by atoms with E-state index in [0.717, 1.165) is 42.8 Å². The van der Waals surface area contributed by atoms with Crippen molar-refractivity contribution >= 4 is 5.97 Å². The molecule has 0 saturated carbocycles. The fraction of sp³-hybridized carbons (Fsp3) is 0.593. The maximum atomic E-state index is 11.5. The van der Waals surface area contributed by atoms with Gasteiger partial charge in [0.1, 0.15) is 5.75 Å². The number of hydrogen-bond acceptors (Lipinski definition) is 5. The van der Waals surface area contributed by atoms with Gasteiger partial charge in [-0.2, -0.15) is 0 Å². The second-order valence-corrected chi connectivity index (χ2v) is 8.50. The SMILES string of the molecule is CCCCCCCCc1cnc(-c2ccc(OCCCC(C)OC(=O)CCC)cc2)nc1. The normalized spacial score (nSPS) is 11.8. The van der Waals surface area contributed by atoms with Gasteiger partial charge in [0.15, 0.2) is 5.82 Å². The lowest BCUT2D eigenvalue weighted by atomic mass is 10.1. The minimum atomic E-state index is -0.117. The van der Waals surface area contributed by atoms with E-state index in [1.54, 1.807) is 0 Å². The van der Waals surface area contributed by atoms with Crippen molar-refractivity contribution in [3.63, 3.8) is 0 Å². The standard InChI is InChI=1S/C27H40N2O3/c1-4-6-7-8-9-10-14-23-20-28-27(29-21-23)24-15-17-25(18-16-24)31-19-11-13-22(3)32-26(30)12-5-2/h15-18,20-22H,4-14,19H2,1-3H3. The van der Waals surface area contributed by atoms with Gasteiger partial charge in [0.05, 0.1) is 12.7 Å². The lowest BCUT2D eigenvalue weighted by Crippen LogP contribution is -2.15. The number of rotatable bonds is 16. The molecule has 0 bridgehead atoms. The summed E-state index contributed by atoms with van der Waals surface area (Å²) in [5.74, 6) is 1.45. The largest absolute Gasteiger partial charge is 0.494 e. The van der Waals surface area contributed by atoms with Crippen LogP contribution in [0.4, 0.5) is 0 Å². The van der Waals surface area contributed by atoms with Gasteiger partial charge in [-0.05, 0) is 68.9 Å². The van der Waals surface area contributed by atoms with E-state index in [9.17, 15) is 4.79 Å². The summed E-state index contributed by atoms with van der Waals surface area (Å²) >= 11 is 0. The number of carbonyl (C=O) groups is 1. The molecule has 0 aliphatic heterocycles. The molecule has 0 radical (unpaired) electrons. The van der Waals surface area contributed by atoms with Crippen molar-refractivity contribution in [3.8, 4) is 17.1 Å². The number of aromatic nitrogens is 2. The molecule has 0 aliphatic carbocycles. The van der Waals surface area contributed by atoms with Gasteiger partial charge in [-0.25, -0.2) is 9.97 Å². The van der Waals surface area contributed by atoms with E-state index in [-0.39, 0.29) is 12.1 Å². The van der Waals surface area contributed by atoms with Crippen LogP contribution >= 0.6 is 0 Å². The van der Waals surface area contributed by atoms with Crippen LogP contribution in [0.1, 0.15) is 90.5 Å². The number of aryl methyl sites for hydroxylation is 1. The van der Waals surface area contributed by atoms with Crippen LogP contribution in [0.3, 0.4) is 0 Å². The maximum absolute atomic E-state index is 11.5. The van der Waals surface area contributed by atoms with E-state index in [1.165, 1.54) is 44.1 Å². The van der Waals surface area contributed by atoms with Gasteiger partial charge < -0.3 is 9.47 Å². The average molecular weight is 441 g/mol. The average Bonchev–Trinajstić information content (AvgIpc) is 2.80. The molecular formula is C27H40N2O3. The second-order valence-electron chi connectivity index (χ2n) is 8.50. The highest BCUT2D eigenvalue weighted by Crippen LogP contribution is 2.20. The Morgan fingerprint density at radius 2 is 1.59 bits per heavy atom. The first-order valence-corrected chi connectivity index (χ1v) is 12.4. The maximum Gasteiger partial charge on any atom is 0.306 e. The monoisotopic (exact) mass is 440 g/mol. The fourth-order valence-corrected chi connectivity index (χ4v) is 3.55. The Labute approximate surface area is 194 Å². The topological polar surface area (TPSA) is 61.3 Å². The number of carbonyl (C=O) groups excluding carboxylic acids is 1. The Bertz CT molecular complexity index is 759. The molecule has 5 nitrogen and oxygen atoms in total. The van der Waals surface area contributed by atoms with Crippen molar-refractivity contribution in [1.29, 1.82) is 0 Å². The Morgan fingerprint density at radius 3 is 2.28 bits per heavy atom. The molecule has 5 heteroatoms. The Hall–Kier alpha value is -2.43. The highest BCUT2D eigenvalue weighted by atomic mass is 16.5. The first-order chi connectivity index (χ1) is 15.6. The van der Waals surface area contributed by atoms with Gasteiger partial charge in [-0.15, -0.1) is 0 Å². The number of hydrogen-bond donors (Lipinski definition) is 0. The van der Waals surface area contributed by atoms with Crippen LogP contribution in [-0.4, -0.2) is 28.6 Å². The smallest absolute Gasteiger partial charge is 0.306 e. The number of nitrogens with zero attached hydrogens (tertiary/aromatic N) is 2. The molecule has 32 heavy (non-hydrogen) atoms. The predicted molar refractivity (Wildman–Crippen MR) is 130 cm³/mol. The summed E-state index contributed by atoms with van der Waals surface area (Å²) in [7, 11) is 0. The molecule has 0 aliphatic rings. The number of esters is 1. The summed E-state index contributed by atoms with van der Waals surface area (Å²) in [6, 6.07) is 7.89. The molecule has 0 N–H and O–H groups in total. The Kier molecular flexibility index (Phi) is 12.4. The van der Waals surface area contributed by atoms with E-state index in [1.807, 2.05) is 50.5 Å². The summed E-state index contributed by atoms with van der Waals surface area (Å²) in [4.78, 5) is 20.6. The molecule has 2 aromatic rings. The van der Waals surface area contributed by atoms with Crippen molar-refractivity contribution in [2.75, 3.05) is 6.61 Å². The minimum Gasteiger partial charge on any atom is -0.494 e. The van der Waals surface area contributed by atoms with Crippen molar-refractivity contribution in [2.24, 2.45) is 0 Å². The van der Waals surface area contributed by atoms with Gasteiger partial charge in [-0.3, -0.25) is 4.79 Å². The van der Waals surface area contributed by atoms with Crippen LogP contribution in [0, 0.1) is 0 Å². The molecule has 0 fully saturated rings. The first-order valence-electron chi connectivity index (χ1n) is 12.4. The predicted octanol–water partition coefficient (Wildman–Crippen LogP) is 6.94. The van der Waals surface area contributed by atoms with Crippen LogP contribution in [0.15, 0.2) is 36.7 Å². The highest BCUT2D eigenvalue weighted by molar-refractivity contribution is 5.69. The van der Waals surface area contributed by atoms with Gasteiger partial charge >= 0.3 is 5.97 Å². The first kappa shape index (κ1) is 25.8. The van der Waals surface area contributed by atoms with Crippen LogP contribution in [0.5, 0.6) is 5.75 Å². The van der Waals surface area contributed by atoms with Crippen molar-refractivity contribution in [3.05, 3.63) is 42.2 Å². The van der Waals surface area contributed by atoms with E-state index < -0.39 is 0 Å². The zero-order chi connectivity index (χ0) is 23.0. The van der Waals surface area contributed by atoms with Crippen LogP contribution < -0.4 is 4.74 Å².